The third-order valence-corrected chi connectivity index (χ3v) is 8.59. The Kier molecular flexibility index (Phi) is 25.1. The van der Waals surface area contributed by atoms with Gasteiger partial charge in [0.1, 0.15) is 36.7 Å². The molecule has 20 heteroatoms. The summed E-state index contributed by atoms with van der Waals surface area (Å²) in [6.07, 6.45) is -8.14. The lowest BCUT2D eigenvalue weighted by Gasteiger charge is -2.38. The summed E-state index contributed by atoms with van der Waals surface area (Å²) >= 11 is 0. The molecule has 1 heterocycles. The molecule has 5 amide bonds. The van der Waals surface area contributed by atoms with Crippen LogP contribution in [0.15, 0.2) is 18.2 Å². The fraction of sp³-hybridized carbons (Fsp3) is 0.692. The maximum Gasteiger partial charge on any atom is 0.410 e. The number of carboxylic acids is 1. The number of carbonyl (C=O) groups is 6. The summed E-state index contributed by atoms with van der Waals surface area (Å²) in [6, 6.07) is 2.19. The molecule has 1 aromatic rings. The second kappa shape index (κ2) is 27.2. The number of nitrogens with two attached hydrogens (primary N) is 2. The van der Waals surface area contributed by atoms with Gasteiger partial charge in [0.2, 0.25) is 29.9 Å². The van der Waals surface area contributed by atoms with Crippen molar-refractivity contribution in [2.45, 2.75) is 137 Å². The van der Waals surface area contributed by atoms with E-state index in [0.29, 0.717) is 31.4 Å². The van der Waals surface area contributed by atoms with Crippen molar-refractivity contribution in [2.24, 2.45) is 22.8 Å². The molecule has 7 atom stereocenters. The quantitative estimate of drug-likeness (QED) is 0.0802. The highest BCUT2D eigenvalue weighted by atomic mass is 16.7. The van der Waals surface area contributed by atoms with E-state index >= 15 is 0 Å². The average molecular weight is 845 g/mol. The van der Waals surface area contributed by atoms with E-state index in [4.69, 9.17) is 25.7 Å². The first kappa shape index (κ1) is 54.4. The fourth-order valence-electron chi connectivity index (χ4n) is 5.25. The molecule has 1 saturated heterocycles. The Morgan fingerprint density at radius 3 is 2.12 bits per heavy atom. The number of nitrogens with zero attached hydrogens (tertiary/aromatic N) is 1. The molecule has 20 nitrogen and oxygen atoms in total. The maximum absolute atomic E-state index is 13.0. The number of carboxylic acid groups (broad SMARTS) is 1. The van der Waals surface area contributed by atoms with Crippen molar-refractivity contribution < 1.29 is 68.5 Å². The van der Waals surface area contributed by atoms with Crippen LogP contribution in [0.5, 0.6) is 5.75 Å². The lowest BCUT2D eigenvalue weighted by Crippen LogP contribution is -2.61. The van der Waals surface area contributed by atoms with Crippen molar-refractivity contribution in [3.05, 3.63) is 23.8 Å². The number of hydrogen-bond acceptors (Lipinski definition) is 14. The zero-order chi connectivity index (χ0) is 45.6. The molecule has 0 bridgehead atoms. The van der Waals surface area contributed by atoms with Crippen molar-refractivity contribution in [1.29, 1.82) is 0 Å². The van der Waals surface area contributed by atoms with Gasteiger partial charge in [-0.25, -0.2) is 9.59 Å². The number of nitrogens with one attached hydrogen (secondary N) is 3. The molecule has 0 saturated carbocycles. The molecule has 1 fully saturated rings. The van der Waals surface area contributed by atoms with Crippen molar-refractivity contribution in [3.63, 3.8) is 0 Å². The van der Waals surface area contributed by atoms with E-state index in [1.54, 1.807) is 27.7 Å². The van der Waals surface area contributed by atoms with Crippen LogP contribution in [0.2, 0.25) is 0 Å². The Hall–Kier alpha value is -4.60. The van der Waals surface area contributed by atoms with Crippen LogP contribution in [0.25, 0.3) is 0 Å². The molecule has 0 aliphatic carbocycles. The zero-order valence-electron chi connectivity index (χ0n) is 35.7. The Balaban J connectivity index is 0.00000641. The predicted octanol–water partition coefficient (Wildman–Crippen LogP) is 0.556. The summed E-state index contributed by atoms with van der Waals surface area (Å²) in [7, 11) is 1.35. The first-order valence-electron chi connectivity index (χ1n) is 19.8. The highest BCUT2D eigenvalue weighted by Gasteiger charge is 2.48. The van der Waals surface area contributed by atoms with E-state index in [-0.39, 0.29) is 49.4 Å². The minimum atomic E-state index is -1.97. The molecule has 0 aromatic heterocycles. The number of likely N-dealkylation sites (N-methyl/N-ethyl adjacent to an activating group) is 1. The number of rotatable bonds is 20. The molecule has 0 spiro atoms. The molecule has 4 unspecified atom stereocenters. The normalized spacial score (nSPS) is 19.6. The maximum atomic E-state index is 13.0. The smallest absolute Gasteiger partial charge is 0.410 e. The number of hydrogen-bond donors (Lipinski definition) is 10. The number of ether oxygens (including phenoxy) is 3. The minimum absolute atomic E-state index is 0.0696. The zero-order valence-corrected chi connectivity index (χ0v) is 35.7. The minimum Gasteiger partial charge on any atom is -0.479 e. The van der Waals surface area contributed by atoms with Gasteiger partial charge in [0.05, 0.1) is 23.8 Å². The topological polar surface area (TPSA) is 323 Å². The largest absolute Gasteiger partial charge is 0.479 e. The van der Waals surface area contributed by atoms with Gasteiger partial charge in [-0.1, -0.05) is 54.0 Å². The third kappa shape index (κ3) is 18.1. The van der Waals surface area contributed by atoms with E-state index in [9.17, 15) is 54.3 Å². The molecule has 12 N–H and O–H groups in total. The Morgan fingerprint density at radius 2 is 1.58 bits per heavy atom. The number of benzene rings is 1. The Labute approximate surface area is 346 Å². The van der Waals surface area contributed by atoms with Gasteiger partial charge in [0, 0.05) is 26.6 Å². The summed E-state index contributed by atoms with van der Waals surface area (Å²) in [4.78, 5) is 74.8. The molecule has 0 radical (unpaired) electrons. The van der Waals surface area contributed by atoms with E-state index < -0.39 is 78.0 Å². The van der Waals surface area contributed by atoms with Crippen LogP contribution in [-0.4, -0.2) is 136 Å². The van der Waals surface area contributed by atoms with Crippen LogP contribution in [0.3, 0.4) is 0 Å². The van der Waals surface area contributed by atoms with Crippen molar-refractivity contribution in [2.75, 3.05) is 32.1 Å². The molecular weight excluding hydrogens is 776 g/mol. The number of aliphatic carboxylic acids is 1. The van der Waals surface area contributed by atoms with Gasteiger partial charge >= 0.3 is 12.1 Å². The molecule has 59 heavy (non-hydrogen) atoms. The van der Waals surface area contributed by atoms with E-state index in [0.717, 1.165) is 4.90 Å². The van der Waals surface area contributed by atoms with Crippen LogP contribution >= 0.6 is 0 Å². The van der Waals surface area contributed by atoms with Gasteiger partial charge in [-0.15, -0.1) is 0 Å². The van der Waals surface area contributed by atoms with Gasteiger partial charge < -0.3 is 67.2 Å². The highest BCUT2D eigenvalue weighted by Crippen LogP contribution is 2.31. The predicted molar refractivity (Wildman–Crippen MR) is 216 cm³/mol. The molecule has 1 aromatic carbocycles. The van der Waals surface area contributed by atoms with Gasteiger partial charge in [-0.2, -0.15) is 0 Å². The summed E-state index contributed by atoms with van der Waals surface area (Å²) < 4.78 is 16.2. The van der Waals surface area contributed by atoms with Gasteiger partial charge in [-0.3, -0.25) is 24.1 Å². The second-order valence-electron chi connectivity index (χ2n) is 14.6. The monoisotopic (exact) mass is 844 g/mol. The Bertz CT molecular complexity index is 1500. The number of carbonyl (C=O) groups excluding carboxylic acids is 5. The summed E-state index contributed by atoms with van der Waals surface area (Å²) in [5, 5.41) is 57.2. The first-order chi connectivity index (χ1) is 27.6. The van der Waals surface area contributed by atoms with E-state index in [2.05, 4.69) is 29.8 Å². The lowest BCUT2D eigenvalue weighted by atomic mass is 9.94. The van der Waals surface area contributed by atoms with Crippen LogP contribution in [0.1, 0.15) is 93.1 Å². The van der Waals surface area contributed by atoms with Crippen molar-refractivity contribution in [1.82, 2.24) is 15.5 Å². The van der Waals surface area contributed by atoms with Crippen LogP contribution in [-0.2, 0) is 40.1 Å². The second-order valence-corrected chi connectivity index (χ2v) is 14.6. The SMILES string of the molecule is CC.CC(C)C(C(N)=O)N(C)C(=O)OCc1ccc(OC2OC(C(=O)O)[C@@H](O)C(O)[C@H]2O)c(NC(=O)CCNC(=O)[C@@H](N)CCCCNC(=O)C(C)(C)CO)c1.CCC. The van der Waals surface area contributed by atoms with Crippen LogP contribution in [0, 0.1) is 11.3 Å². The van der Waals surface area contributed by atoms with E-state index in [1.807, 2.05) is 13.8 Å². The number of anilines is 1. The summed E-state index contributed by atoms with van der Waals surface area (Å²) in [5.74, 6) is -4.31. The molecule has 338 valence electrons. The number of amides is 5. The standard InChI is InChI=1S/C34H54N6O14.C3H8.C2H6/c1-17(2)23(28(36)46)40(5)33(51)52-15-18-9-10-21(53-31-26(45)24(43)25(44)27(54-31)30(48)49)20(14-18)39-22(42)11-13-37-29(47)19(35)8-6-7-12-38-32(50)34(3,4)16-41;1-3-2;1-2/h9-10,14,17,19,23-27,31,41,43-45H,6-8,11-13,15-16,35H2,1-5H3,(H2,36,46)(H,37,47)(H,38,50)(H,39,42)(H,48,49);3H2,1-2H3;1-2H3/t19-,23?,24?,25-,26+,27?,31?;;/m0../s1. The number of unbranched alkanes of at least 4 members (excludes halogenated alkanes) is 1. The highest BCUT2D eigenvalue weighted by molar-refractivity contribution is 5.93. The summed E-state index contributed by atoms with van der Waals surface area (Å²) in [6.45, 7) is 14.4. The van der Waals surface area contributed by atoms with E-state index in [1.165, 1.54) is 31.7 Å². The third-order valence-electron chi connectivity index (χ3n) is 8.59. The van der Waals surface area contributed by atoms with Crippen LogP contribution in [0.4, 0.5) is 10.5 Å². The molecular formula is C39H68N6O14. The van der Waals surface area contributed by atoms with Gasteiger partial charge in [0.15, 0.2) is 6.10 Å². The Morgan fingerprint density at radius 1 is 0.966 bits per heavy atom. The average Bonchev–Trinajstić information content (AvgIpc) is 3.17. The fourth-order valence-corrected chi connectivity index (χ4v) is 5.25. The van der Waals surface area contributed by atoms with Gasteiger partial charge in [0.25, 0.3) is 0 Å². The molecule has 1 aliphatic heterocycles. The summed E-state index contributed by atoms with van der Waals surface area (Å²) in [5.41, 5.74) is 10.7. The number of aliphatic hydroxyl groups is 4. The van der Waals surface area contributed by atoms with Gasteiger partial charge in [-0.05, 0) is 56.7 Å². The first-order valence-corrected chi connectivity index (χ1v) is 19.8. The number of primary amides is 1. The van der Waals surface area contributed by atoms with Crippen molar-refractivity contribution >= 4 is 41.4 Å². The molecule has 1 aliphatic rings. The lowest BCUT2D eigenvalue weighted by molar-refractivity contribution is -0.271. The number of aliphatic hydroxyl groups excluding tert-OH is 4. The van der Waals surface area contributed by atoms with Crippen LogP contribution < -0.4 is 32.2 Å². The van der Waals surface area contributed by atoms with Crippen molar-refractivity contribution in [3.8, 4) is 5.75 Å². The molecule has 2 rings (SSSR count).